The molecule has 2 aliphatic carbocycles. The van der Waals surface area contributed by atoms with E-state index in [9.17, 15) is 4.79 Å². The van der Waals surface area contributed by atoms with Crippen molar-refractivity contribution in [1.29, 1.82) is 0 Å². The van der Waals surface area contributed by atoms with E-state index in [-0.39, 0.29) is 23.3 Å². The minimum atomic E-state index is -0.512. The largest absolute Gasteiger partial charge is 0.308 e. The molecular weight excluding hydrogens is 408 g/mol. The SMILES string of the molecule is [C-]#[N+]C1=C[C@@]2(C)c3nc(-c4ccnc(C)c4)nc(-c4ccccc4)c3CCC[C@@H]2[C@@H](C)C1=O. The lowest BCUT2D eigenvalue weighted by Gasteiger charge is -2.41. The van der Waals surface area contributed by atoms with Gasteiger partial charge in [0.2, 0.25) is 5.70 Å². The average Bonchev–Trinajstić information content (AvgIpc) is 2.98. The molecule has 0 N–H and O–H groups in total. The fourth-order valence-electron chi connectivity index (χ4n) is 5.59. The minimum absolute atomic E-state index is 0.0433. The van der Waals surface area contributed by atoms with Gasteiger partial charge in [-0.25, -0.2) is 14.8 Å². The highest BCUT2D eigenvalue weighted by atomic mass is 16.1. The van der Waals surface area contributed by atoms with Crippen molar-refractivity contribution in [2.45, 2.75) is 45.4 Å². The van der Waals surface area contributed by atoms with Crippen LogP contribution in [-0.4, -0.2) is 20.7 Å². The summed E-state index contributed by atoms with van der Waals surface area (Å²) in [5, 5.41) is 0. The van der Waals surface area contributed by atoms with Crippen molar-refractivity contribution in [3.05, 3.63) is 88.8 Å². The second-order valence-corrected chi connectivity index (χ2v) is 9.35. The molecule has 2 aromatic heterocycles. The monoisotopic (exact) mass is 434 g/mol. The minimum Gasteiger partial charge on any atom is -0.308 e. The van der Waals surface area contributed by atoms with Crippen LogP contribution in [0, 0.1) is 25.3 Å². The van der Waals surface area contributed by atoms with Crippen LogP contribution in [0.25, 0.3) is 27.5 Å². The zero-order valence-corrected chi connectivity index (χ0v) is 19.2. The summed E-state index contributed by atoms with van der Waals surface area (Å²) in [6.45, 7) is 13.7. The van der Waals surface area contributed by atoms with Gasteiger partial charge < -0.3 is 4.79 Å². The summed E-state index contributed by atoms with van der Waals surface area (Å²) >= 11 is 0. The lowest BCUT2D eigenvalue weighted by atomic mass is 9.62. The van der Waals surface area contributed by atoms with Crippen molar-refractivity contribution in [3.63, 3.8) is 0 Å². The fourth-order valence-corrected chi connectivity index (χ4v) is 5.59. The molecule has 3 atom stereocenters. The molecular formula is C28H26N4O. The summed E-state index contributed by atoms with van der Waals surface area (Å²) in [4.78, 5) is 31.0. The lowest BCUT2D eigenvalue weighted by Crippen LogP contribution is -2.42. The number of allylic oxidation sites excluding steroid dienone is 2. The third-order valence-electron chi connectivity index (χ3n) is 7.26. The smallest absolute Gasteiger partial charge is 0.226 e. The Kier molecular flexibility index (Phi) is 5.17. The van der Waals surface area contributed by atoms with Crippen LogP contribution in [0.4, 0.5) is 0 Å². The molecule has 2 heterocycles. The molecule has 5 nitrogen and oxygen atoms in total. The molecule has 0 amide bonds. The van der Waals surface area contributed by atoms with Crippen LogP contribution < -0.4 is 0 Å². The molecule has 164 valence electrons. The van der Waals surface area contributed by atoms with Crippen LogP contribution >= 0.6 is 0 Å². The zero-order chi connectivity index (χ0) is 23.2. The third kappa shape index (κ3) is 3.47. The Morgan fingerprint density at radius 1 is 1.12 bits per heavy atom. The topological polar surface area (TPSA) is 60.1 Å². The van der Waals surface area contributed by atoms with Gasteiger partial charge in [-0.15, -0.1) is 0 Å². The van der Waals surface area contributed by atoms with Gasteiger partial charge in [0.25, 0.3) is 0 Å². The molecule has 1 aromatic carbocycles. The van der Waals surface area contributed by atoms with E-state index in [0.717, 1.165) is 53.0 Å². The van der Waals surface area contributed by atoms with Crippen molar-refractivity contribution in [2.24, 2.45) is 11.8 Å². The number of aromatic nitrogens is 3. The van der Waals surface area contributed by atoms with Gasteiger partial charge in [0.1, 0.15) is 0 Å². The van der Waals surface area contributed by atoms with E-state index >= 15 is 0 Å². The highest BCUT2D eigenvalue weighted by molar-refractivity contribution is 6.00. The second-order valence-electron chi connectivity index (χ2n) is 9.35. The maximum absolute atomic E-state index is 12.9. The Labute approximate surface area is 194 Å². The number of rotatable bonds is 2. The number of benzene rings is 1. The molecule has 0 saturated carbocycles. The van der Waals surface area contributed by atoms with Crippen molar-refractivity contribution in [3.8, 4) is 22.6 Å². The molecule has 0 radical (unpaired) electrons. The highest BCUT2D eigenvalue weighted by Crippen LogP contribution is 2.50. The second kappa shape index (κ2) is 8.04. The highest BCUT2D eigenvalue weighted by Gasteiger charge is 2.48. The number of hydrogen-bond acceptors (Lipinski definition) is 4. The fraction of sp³-hybridized carbons (Fsp3) is 0.321. The van der Waals surface area contributed by atoms with E-state index < -0.39 is 5.41 Å². The quantitative estimate of drug-likeness (QED) is 0.482. The van der Waals surface area contributed by atoms with Gasteiger partial charge in [-0.1, -0.05) is 50.3 Å². The van der Waals surface area contributed by atoms with Gasteiger partial charge in [-0.2, -0.15) is 0 Å². The van der Waals surface area contributed by atoms with Gasteiger partial charge in [0.05, 0.1) is 18.0 Å². The summed E-state index contributed by atoms with van der Waals surface area (Å²) in [6, 6.07) is 14.2. The molecule has 5 heteroatoms. The number of Topliss-reactive ketones (excluding diaryl/α,β-unsaturated/α-hetero) is 1. The Hall–Kier alpha value is -3.65. The maximum atomic E-state index is 12.9. The van der Waals surface area contributed by atoms with Crippen molar-refractivity contribution < 1.29 is 4.79 Å². The number of ketones is 1. The van der Waals surface area contributed by atoms with Gasteiger partial charge in [0, 0.05) is 39.9 Å². The molecule has 3 aromatic rings. The number of fused-ring (bicyclic) bond motifs is 3. The maximum Gasteiger partial charge on any atom is 0.226 e. The van der Waals surface area contributed by atoms with Gasteiger partial charge in [-0.05, 0) is 44.2 Å². The van der Waals surface area contributed by atoms with Crippen LogP contribution in [-0.2, 0) is 16.6 Å². The molecule has 0 saturated heterocycles. The lowest BCUT2D eigenvalue weighted by molar-refractivity contribution is -0.121. The summed E-state index contributed by atoms with van der Waals surface area (Å²) in [5.41, 5.74) is 5.61. The first-order chi connectivity index (χ1) is 15.9. The van der Waals surface area contributed by atoms with Crippen LogP contribution in [0.1, 0.15) is 43.6 Å². The summed E-state index contributed by atoms with van der Waals surface area (Å²) in [7, 11) is 0. The Morgan fingerprint density at radius 2 is 1.91 bits per heavy atom. The molecule has 0 fully saturated rings. The number of carbonyl (C=O) groups excluding carboxylic acids is 1. The van der Waals surface area contributed by atoms with E-state index in [1.54, 1.807) is 6.20 Å². The van der Waals surface area contributed by atoms with Gasteiger partial charge in [0.15, 0.2) is 11.6 Å². The number of pyridine rings is 1. The van der Waals surface area contributed by atoms with Gasteiger partial charge >= 0.3 is 0 Å². The summed E-state index contributed by atoms with van der Waals surface area (Å²) < 4.78 is 0. The van der Waals surface area contributed by atoms with E-state index in [2.05, 4.69) is 28.9 Å². The van der Waals surface area contributed by atoms with E-state index in [0.29, 0.717) is 5.82 Å². The Bertz CT molecular complexity index is 1320. The molecule has 2 aliphatic rings. The molecule has 33 heavy (non-hydrogen) atoms. The summed E-state index contributed by atoms with van der Waals surface area (Å²) in [5.74, 6) is 0.500. The Balaban J connectivity index is 1.84. The predicted molar refractivity (Wildman–Crippen MR) is 128 cm³/mol. The average molecular weight is 435 g/mol. The zero-order valence-electron chi connectivity index (χ0n) is 19.2. The number of aryl methyl sites for hydroxylation is 1. The summed E-state index contributed by atoms with van der Waals surface area (Å²) in [6.07, 6.45) is 6.40. The van der Waals surface area contributed by atoms with Gasteiger partial charge in [-0.3, -0.25) is 4.98 Å². The first-order valence-corrected chi connectivity index (χ1v) is 11.5. The van der Waals surface area contributed by atoms with Crippen LogP contribution in [0.2, 0.25) is 0 Å². The standard InChI is InChI=1S/C28H26N4O/c1-17-15-20(13-14-30-17)27-31-24(19-9-6-5-7-10-19)21-11-8-12-22-18(2)25(33)23(29-4)16-28(22,3)26(21)32-27/h5-7,9-10,13-16,18,22H,8,11-12H2,1-3H3/t18-,22-,28-/m1/s1. The van der Waals surface area contributed by atoms with Crippen molar-refractivity contribution in [2.75, 3.05) is 0 Å². The third-order valence-corrected chi connectivity index (χ3v) is 7.26. The molecule has 0 unspecified atom stereocenters. The van der Waals surface area contributed by atoms with Crippen LogP contribution in [0.5, 0.6) is 0 Å². The molecule has 0 bridgehead atoms. The molecule has 5 rings (SSSR count). The van der Waals surface area contributed by atoms with Crippen LogP contribution in [0.3, 0.4) is 0 Å². The number of hydrogen-bond donors (Lipinski definition) is 0. The first-order valence-electron chi connectivity index (χ1n) is 11.5. The van der Waals surface area contributed by atoms with E-state index in [1.165, 1.54) is 0 Å². The van der Waals surface area contributed by atoms with E-state index in [4.69, 9.17) is 16.5 Å². The Morgan fingerprint density at radius 3 is 2.64 bits per heavy atom. The normalized spacial score (nSPS) is 24.2. The first kappa shape index (κ1) is 21.2. The van der Waals surface area contributed by atoms with Crippen molar-refractivity contribution in [1.82, 2.24) is 15.0 Å². The number of nitrogens with zero attached hydrogens (tertiary/aromatic N) is 4. The van der Waals surface area contributed by atoms with E-state index in [1.807, 2.05) is 50.3 Å². The molecule has 0 spiro atoms. The predicted octanol–water partition coefficient (Wildman–Crippen LogP) is 5.75. The number of carbonyl (C=O) groups is 1. The van der Waals surface area contributed by atoms with Crippen molar-refractivity contribution >= 4 is 5.78 Å². The molecule has 0 aliphatic heterocycles. The van der Waals surface area contributed by atoms with Crippen LogP contribution in [0.15, 0.2) is 60.4 Å².